The molecular formula is C14H20FN2O15P3. The minimum atomic E-state index is -5.90. The van der Waals surface area contributed by atoms with Gasteiger partial charge in [0.2, 0.25) is 0 Å². The molecule has 198 valence electrons. The van der Waals surface area contributed by atoms with E-state index in [1.54, 1.807) is 0 Å². The Balaban J connectivity index is 2.41. The van der Waals surface area contributed by atoms with Crippen molar-refractivity contribution in [3.8, 4) is 0 Å². The van der Waals surface area contributed by atoms with Gasteiger partial charge < -0.3 is 34.5 Å². The first-order valence-electron chi connectivity index (χ1n) is 8.99. The van der Waals surface area contributed by atoms with Crippen LogP contribution in [0.25, 0.3) is 0 Å². The highest BCUT2D eigenvalue weighted by atomic mass is 31.3. The number of H-pyrrole nitrogens is 1. The Morgan fingerprint density at radius 2 is 1.86 bits per heavy atom. The Morgan fingerprint density at radius 1 is 1.23 bits per heavy atom. The molecule has 0 amide bonds. The van der Waals surface area contributed by atoms with Gasteiger partial charge in [-0.25, -0.2) is 22.9 Å². The Hall–Kier alpha value is -1.58. The van der Waals surface area contributed by atoms with Crippen LogP contribution in [0.1, 0.15) is 12.6 Å². The number of halogens is 1. The number of hydrogen-bond acceptors (Lipinski definition) is 11. The predicted molar refractivity (Wildman–Crippen MR) is 109 cm³/mol. The fourth-order valence-corrected chi connectivity index (χ4v) is 6.16. The van der Waals surface area contributed by atoms with Gasteiger partial charge in [0.25, 0.3) is 5.56 Å². The van der Waals surface area contributed by atoms with Gasteiger partial charge in [-0.15, -0.1) is 5.73 Å². The van der Waals surface area contributed by atoms with Gasteiger partial charge in [-0.1, -0.05) is 6.58 Å². The van der Waals surface area contributed by atoms with Gasteiger partial charge in [0.05, 0.1) is 6.61 Å². The van der Waals surface area contributed by atoms with Gasteiger partial charge in [-0.2, -0.15) is 8.62 Å². The summed E-state index contributed by atoms with van der Waals surface area (Å²) in [7, 11) is -17.4. The monoisotopic (exact) mass is 568 g/mol. The van der Waals surface area contributed by atoms with Crippen LogP contribution in [-0.4, -0.2) is 69.9 Å². The van der Waals surface area contributed by atoms with Gasteiger partial charge in [-0.05, 0) is 6.08 Å². The topological polar surface area (TPSA) is 264 Å². The second-order valence-electron chi connectivity index (χ2n) is 7.06. The molecule has 0 saturated carbocycles. The molecule has 1 aromatic heterocycles. The summed E-state index contributed by atoms with van der Waals surface area (Å²) in [5.41, 5.74) is -5.01. The molecule has 0 spiro atoms. The molecule has 35 heavy (non-hydrogen) atoms. The summed E-state index contributed by atoms with van der Waals surface area (Å²) in [6.45, 7) is 0.0218. The predicted octanol–water partition coefficient (Wildman–Crippen LogP) is -1.06. The maximum Gasteiger partial charge on any atom is 0.490 e. The lowest BCUT2D eigenvalue weighted by atomic mass is 9.84. The van der Waals surface area contributed by atoms with Crippen molar-refractivity contribution in [1.29, 1.82) is 0 Å². The standard InChI is InChI=1S/C14H20FN2O15P3/c1-2-3-5-14(21)10(19)13(7-15,30-11(14)17-6-4-9(18)16-12(17)20)8-29-34(25,26)32-35(27,28)31-33(22,23)24/h3-4,6,10-11,19,21H,1,5,7-8H2,(H,25,26)(H,27,28)(H,16,18,20)(H2,22,23,24). The lowest BCUT2D eigenvalue weighted by Crippen LogP contribution is -2.54. The van der Waals surface area contributed by atoms with Crippen LogP contribution in [0.5, 0.6) is 0 Å². The molecule has 2 rings (SSSR count). The number of aromatic nitrogens is 2. The third kappa shape index (κ3) is 7.01. The van der Waals surface area contributed by atoms with Crippen LogP contribution < -0.4 is 11.2 Å². The number of alkyl halides is 1. The summed E-state index contributed by atoms with van der Waals surface area (Å²) in [6, 6.07) is 0.836. The number of phosphoric ester groups is 1. The molecule has 1 fully saturated rings. The van der Waals surface area contributed by atoms with Gasteiger partial charge in [0, 0.05) is 18.7 Å². The van der Waals surface area contributed by atoms with Crippen molar-refractivity contribution in [2.24, 2.45) is 0 Å². The summed E-state index contributed by atoms with van der Waals surface area (Å²) in [5, 5.41) is 21.9. The summed E-state index contributed by atoms with van der Waals surface area (Å²) < 4.78 is 65.7. The maximum absolute atomic E-state index is 14.2. The van der Waals surface area contributed by atoms with E-state index in [-0.39, 0.29) is 0 Å². The second kappa shape index (κ2) is 10.4. The molecule has 2 heterocycles. The summed E-state index contributed by atoms with van der Waals surface area (Å²) >= 11 is 0. The van der Waals surface area contributed by atoms with Crippen molar-refractivity contribution >= 4 is 23.5 Å². The molecule has 7 N–H and O–H groups in total. The van der Waals surface area contributed by atoms with E-state index in [1.807, 2.05) is 4.98 Å². The van der Waals surface area contributed by atoms with E-state index in [0.717, 1.165) is 18.3 Å². The largest absolute Gasteiger partial charge is 0.490 e. The van der Waals surface area contributed by atoms with Crippen LogP contribution in [0.2, 0.25) is 0 Å². The zero-order valence-corrected chi connectivity index (χ0v) is 19.9. The highest BCUT2D eigenvalue weighted by Gasteiger charge is 2.64. The maximum atomic E-state index is 14.2. The van der Waals surface area contributed by atoms with Crippen molar-refractivity contribution in [3.63, 3.8) is 0 Å². The average Bonchev–Trinajstić information content (AvgIpc) is 2.91. The molecule has 21 heteroatoms. The first-order chi connectivity index (χ1) is 15.9. The van der Waals surface area contributed by atoms with Crippen molar-refractivity contribution in [2.75, 3.05) is 13.3 Å². The number of nitrogens with zero attached hydrogens (tertiary/aromatic N) is 1. The van der Waals surface area contributed by atoms with E-state index in [2.05, 4.69) is 25.5 Å². The smallest absolute Gasteiger partial charge is 0.387 e. The molecular weight excluding hydrogens is 548 g/mol. The molecule has 6 atom stereocenters. The molecule has 6 unspecified atom stereocenters. The first-order valence-corrected chi connectivity index (χ1v) is 13.5. The Morgan fingerprint density at radius 3 is 2.37 bits per heavy atom. The third-order valence-electron chi connectivity index (χ3n) is 4.54. The van der Waals surface area contributed by atoms with E-state index in [0.29, 0.717) is 4.57 Å². The van der Waals surface area contributed by atoms with E-state index in [1.165, 1.54) is 0 Å². The van der Waals surface area contributed by atoms with Crippen LogP contribution in [0.4, 0.5) is 4.39 Å². The number of rotatable bonds is 11. The van der Waals surface area contributed by atoms with Gasteiger partial charge in [0.15, 0.2) is 11.8 Å². The number of nitrogens with one attached hydrogen (secondary N) is 1. The Labute approximate surface area is 194 Å². The first kappa shape index (κ1) is 29.6. The summed E-state index contributed by atoms with van der Waals surface area (Å²) in [5.74, 6) is 0. The molecule has 0 radical (unpaired) electrons. The fraction of sp³-hybridized carbons (Fsp3) is 0.500. The summed E-state index contributed by atoms with van der Waals surface area (Å²) in [6.07, 6.45) is -2.93. The van der Waals surface area contributed by atoms with Gasteiger partial charge in [-0.3, -0.25) is 18.9 Å². The molecule has 1 aliphatic rings. The lowest BCUT2D eigenvalue weighted by Gasteiger charge is -2.32. The van der Waals surface area contributed by atoms with Crippen LogP contribution in [0, 0.1) is 0 Å². The van der Waals surface area contributed by atoms with Gasteiger partial charge >= 0.3 is 29.2 Å². The van der Waals surface area contributed by atoms with E-state index in [9.17, 15) is 47.7 Å². The number of aromatic amines is 1. The number of aliphatic hydroxyl groups is 2. The average molecular weight is 568 g/mol. The Kier molecular flexibility index (Phi) is 8.83. The second-order valence-corrected chi connectivity index (χ2v) is 11.5. The highest BCUT2D eigenvalue weighted by Crippen LogP contribution is 2.66. The third-order valence-corrected chi connectivity index (χ3v) is 8.32. The number of hydrogen-bond donors (Lipinski definition) is 7. The quantitative estimate of drug-likeness (QED) is 0.124. The molecule has 0 aliphatic carbocycles. The molecule has 0 aromatic carbocycles. The normalized spacial score (nSPS) is 30.3. The highest BCUT2D eigenvalue weighted by molar-refractivity contribution is 7.66. The molecule has 1 saturated heterocycles. The van der Waals surface area contributed by atoms with E-state index >= 15 is 0 Å². The van der Waals surface area contributed by atoms with Crippen LogP contribution >= 0.6 is 23.5 Å². The van der Waals surface area contributed by atoms with Crippen molar-refractivity contribution in [3.05, 3.63) is 51.5 Å². The van der Waals surface area contributed by atoms with E-state index in [4.69, 9.17) is 14.5 Å². The molecule has 1 aromatic rings. The number of ether oxygens (including phenoxy) is 1. The fourth-order valence-electron chi connectivity index (χ4n) is 3.09. The SMILES string of the molecule is C=C=CCC1(O)C(n2ccc(=O)[nH]c2=O)OC(CF)(COP(=O)(O)OP(=O)(O)OP(=O)(O)O)C1O. The summed E-state index contributed by atoms with van der Waals surface area (Å²) in [4.78, 5) is 61.3. The van der Waals surface area contributed by atoms with Gasteiger partial charge in [0.1, 0.15) is 18.4 Å². The zero-order valence-electron chi connectivity index (χ0n) is 17.2. The number of aliphatic hydroxyl groups excluding tert-OH is 1. The van der Waals surface area contributed by atoms with E-state index < -0.39 is 78.0 Å². The van der Waals surface area contributed by atoms with Crippen LogP contribution in [-0.2, 0) is 31.6 Å². The van der Waals surface area contributed by atoms with Crippen molar-refractivity contribution in [2.45, 2.75) is 30.0 Å². The minimum Gasteiger partial charge on any atom is -0.387 e. The van der Waals surface area contributed by atoms with Crippen molar-refractivity contribution < 1.29 is 65.8 Å². The molecule has 0 bridgehead atoms. The lowest BCUT2D eigenvalue weighted by molar-refractivity contribution is -0.138. The Bertz CT molecular complexity index is 1250. The number of phosphoric acid groups is 3. The molecule has 1 aliphatic heterocycles. The minimum absolute atomic E-state index is 0.573. The zero-order chi connectivity index (χ0) is 26.9. The van der Waals surface area contributed by atoms with Crippen LogP contribution in [0.15, 0.2) is 40.2 Å². The van der Waals surface area contributed by atoms with Crippen molar-refractivity contribution in [1.82, 2.24) is 9.55 Å². The van der Waals surface area contributed by atoms with Crippen LogP contribution in [0.3, 0.4) is 0 Å². The molecule has 17 nitrogen and oxygen atoms in total.